The number of aromatic nitrogens is 1. The Hall–Kier alpha value is -3.28. The van der Waals surface area contributed by atoms with Crippen molar-refractivity contribution in [3.05, 3.63) is 81.6 Å². The fourth-order valence-corrected chi connectivity index (χ4v) is 2.66. The highest BCUT2D eigenvalue weighted by atomic mass is 16.3. The van der Waals surface area contributed by atoms with Crippen LogP contribution in [0.5, 0.6) is 0 Å². The van der Waals surface area contributed by atoms with Gasteiger partial charge in [-0.2, -0.15) is 0 Å². The van der Waals surface area contributed by atoms with Crippen molar-refractivity contribution >= 4 is 22.4 Å². The summed E-state index contributed by atoms with van der Waals surface area (Å²) >= 11 is 0. The van der Waals surface area contributed by atoms with Gasteiger partial charge in [0.15, 0.2) is 0 Å². The summed E-state index contributed by atoms with van der Waals surface area (Å²) in [4.78, 5) is 35.5. The zero-order chi connectivity index (χ0) is 16.4. The minimum absolute atomic E-state index is 0.182. The number of fused-ring (bicyclic) bond motifs is 1. The lowest BCUT2D eigenvalue weighted by molar-refractivity contribution is -0.120. The van der Waals surface area contributed by atoms with Crippen molar-refractivity contribution in [2.45, 2.75) is 6.04 Å². The van der Waals surface area contributed by atoms with E-state index in [1.165, 1.54) is 16.8 Å². The third-order valence-electron chi connectivity index (χ3n) is 3.71. The van der Waals surface area contributed by atoms with E-state index in [0.29, 0.717) is 16.3 Å². The van der Waals surface area contributed by atoms with Crippen LogP contribution in [-0.2, 0) is 4.79 Å². The van der Waals surface area contributed by atoms with Gasteiger partial charge in [-0.3, -0.25) is 14.2 Å². The van der Waals surface area contributed by atoms with E-state index in [-0.39, 0.29) is 5.69 Å². The van der Waals surface area contributed by atoms with Crippen molar-refractivity contribution in [2.24, 2.45) is 10.9 Å². The Morgan fingerprint density at radius 3 is 2.39 bits per heavy atom. The zero-order valence-corrected chi connectivity index (χ0v) is 12.0. The molecule has 0 aliphatic heterocycles. The van der Waals surface area contributed by atoms with Crippen molar-refractivity contribution < 1.29 is 4.79 Å². The maximum Gasteiger partial charge on any atom is 0.259 e. The summed E-state index contributed by atoms with van der Waals surface area (Å²) in [5.41, 5.74) is 5.90. The highest BCUT2D eigenvalue weighted by Crippen LogP contribution is 2.24. The molecule has 0 saturated heterocycles. The van der Waals surface area contributed by atoms with Gasteiger partial charge in [0.05, 0.1) is 0 Å². The maximum absolute atomic E-state index is 12.7. The number of nitrogens with two attached hydrogens (primary N) is 1. The number of carbonyl (C=O) groups is 1. The van der Waals surface area contributed by atoms with Crippen LogP contribution in [0.3, 0.4) is 0 Å². The first-order chi connectivity index (χ1) is 11.1. The number of primary amides is 1. The Labute approximate surface area is 131 Å². The molecule has 6 nitrogen and oxygen atoms in total. The fraction of sp³-hybridized carbons (Fsp3) is 0.0588. The summed E-state index contributed by atoms with van der Waals surface area (Å²) in [6.45, 7) is 0. The molecule has 23 heavy (non-hydrogen) atoms. The molecule has 1 amide bonds. The molecule has 0 saturated carbocycles. The number of nitroso groups, excluding NO2 is 1. The molecular weight excluding hydrogens is 294 g/mol. The second-order valence-corrected chi connectivity index (χ2v) is 5.07. The van der Waals surface area contributed by atoms with Crippen molar-refractivity contribution in [1.82, 2.24) is 4.57 Å². The number of nitrogens with zero attached hydrogens (tertiary/aromatic N) is 2. The van der Waals surface area contributed by atoms with E-state index in [1.807, 2.05) is 6.07 Å². The van der Waals surface area contributed by atoms with Crippen molar-refractivity contribution in [2.75, 3.05) is 0 Å². The fourth-order valence-electron chi connectivity index (χ4n) is 2.66. The van der Waals surface area contributed by atoms with Gasteiger partial charge in [0.1, 0.15) is 11.7 Å². The standard InChI is InChI=1S/C17H13N3O3/c18-16(21)15(11-5-2-1-3-6-11)20-10-9-12-13(17(20)22)7-4-8-14(12)19-23/h1-10,15H,(H2,18,21)/t15-/m1/s1. The first-order valence-corrected chi connectivity index (χ1v) is 6.95. The van der Waals surface area contributed by atoms with Gasteiger partial charge in [0.2, 0.25) is 5.91 Å². The van der Waals surface area contributed by atoms with Crippen LogP contribution in [0, 0.1) is 4.91 Å². The van der Waals surface area contributed by atoms with Gasteiger partial charge in [-0.25, -0.2) is 0 Å². The molecule has 0 bridgehead atoms. The van der Waals surface area contributed by atoms with Crippen LogP contribution in [0.25, 0.3) is 10.8 Å². The van der Waals surface area contributed by atoms with E-state index >= 15 is 0 Å². The van der Waals surface area contributed by atoms with Crippen molar-refractivity contribution in [3.63, 3.8) is 0 Å². The van der Waals surface area contributed by atoms with E-state index in [0.717, 1.165) is 0 Å². The smallest absolute Gasteiger partial charge is 0.259 e. The average Bonchev–Trinajstić information content (AvgIpc) is 2.57. The minimum atomic E-state index is -0.916. The van der Waals surface area contributed by atoms with Gasteiger partial charge in [0.25, 0.3) is 5.56 Å². The minimum Gasteiger partial charge on any atom is -0.368 e. The van der Waals surface area contributed by atoms with E-state index < -0.39 is 17.5 Å². The summed E-state index contributed by atoms with van der Waals surface area (Å²) in [7, 11) is 0. The molecule has 1 heterocycles. The van der Waals surface area contributed by atoms with Crippen LogP contribution in [0.2, 0.25) is 0 Å². The van der Waals surface area contributed by atoms with E-state index in [9.17, 15) is 14.5 Å². The van der Waals surface area contributed by atoms with Gasteiger partial charge in [-0.1, -0.05) is 36.4 Å². The number of carbonyl (C=O) groups excluding carboxylic acids is 1. The molecular formula is C17H13N3O3. The lowest BCUT2D eigenvalue weighted by Gasteiger charge is -2.17. The number of pyridine rings is 1. The van der Waals surface area contributed by atoms with Crippen LogP contribution in [0.1, 0.15) is 11.6 Å². The van der Waals surface area contributed by atoms with Crippen LogP contribution >= 0.6 is 0 Å². The van der Waals surface area contributed by atoms with Gasteiger partial charge in [-0.15, -0.1) is 4.91 Å². The molecule has 0 aliphatic rings. The normalized spacial score (nSPS) is 12.0. The molecule has 0 aliphatic carbocycles. The molecule has 0 spiro atoms. The average molecular weight is 307 g/mol. The number of hydrogen-bond donors (Lipinski definition) is 1. The molecule has 3 rings (SSSR count). The summed E-state index contributed by atoms with van der Waals surface area (Å²) in [6.07, 6.45) is 1.46. The molecule has 2 N–H and O–H groups in total. The lowest BCUT2D eigenvalue weighted by Crippen LogP contribution is -2.34. The van der Waals surface area contributed by atoms with Crippen molar-refractivity contribution in [1.29, 1.82) is 0 Å². The molecule has 1 aromatic heterocycles. The molecule has 0 radical (unpaired) electrons. The van der Waals surface area contributed by atoms with Crippen molar-refractivity contribution in [3.8, 4) is 0 Å². The van der Waals surface area contributed by atoms with E-state index in [1.54, 1.807) is 42.5 Å². The number of hydrogen-bond acceptors (Lipinski definition) is 4. The summed E-state index contributed by atoms with van der Waals surface area (Å²) in [6, 6.07) is 14.2. The van der Waals surface area contributed by atoms with Crippen LogP contribution in [-0.4, -0.2) is 10.5 Å². The summed E-state index contributed by atoms with van der Waals surface area (Å²) in [5.74, 6) is -0.637. The predicted octanol–water partition coefficient (Wildman–Crippen LogP) is 2.47. The molecule has 0 fully saturated rings. The Kier molecular flexibility index (Phi) is 3.72. The number of amides is 1. The van der Waals surface area contributed by atoms with Gasteiger partial charge >= 0.3 is 0 Å². The SMILES string of the molecule is NC(=O)[C@@H](c1ccccc1)n1ccc2c(N=O)cccc2c1=O. The Morgan fingerprint density at radius 2 is 1.74 bits per heavy atom. The quantitative estimate of drug-likeness (QED) is 0.750. The molecule has 6 heteroatoms. The Bertz CT molecular complexity index is 948. The van der Waals surface area contributed by atoms with Crippen LogP contribution in [0.4, 0.5) is 5.69 Å². The zero-order valence-electron chi connectivity index (χ0n) is 12.0. The lowest BCUT2D eigenvalue weighted by atomic mass is 10.0. The Balaban J connectivity index is 2.27. The second-order valence-electron chi connectivity index (χ2n) is 5.07. The first kappa shape index (κ1) is 14.6. The maximum atomic E-state index is 12.7. The van der Waals surface area contributed by atoms with E-state index in [4.69, 9.17) is 5.73 Å². The molecule has 1 atom stereocenters. The second kappa shape index (κ2) is 5.84. The topological polar surface area (TPSA) is 94.5 Å². The van der Waals surface area contributed by atoms with Gasteiger partial charge in [0, 0.05) is 17.0 Å². The van der Waals surface area contributed by atoms with Gasteiger partial charge in [-0.05, 0) is 28.9 Å². The summed E-state index contributed by atoms with van der Waals surface area (Å²) < 4.78 is 1.27. The Morgan fingerprint density at radius 1 is 1.00 bits per heavy atom. The number of benzene rings is 2. The van der Waals surface area contributed by atoms with E-state index in [2.05, 4.69) is 5.18 Å². The number of rotatable bonds is 4. The highest BCUT2D eigenvalue weighted by molar-refractivity contribution is 5.92. The van der Waals surface area contributed by atoms with Gasteiger partial charge < -0.3 is 5.73 Å². The van der Waals surface area contributed by atoms with Crippen LogP contribution in [0.15, 0.2) is 70.8 Å². The molecule has 2 aromatic carbocycles. The summed E-state index contributed by atoms with van der Waals surface area (Å²) in [5, 5.41) is 3.67. The predicted molar refractivity (Wildman–Crippen MR) is 87.4 cm³/mol. The largest absolute Gasteiger partial charge is 0.368 e. The first-order valence-electron chi connectivity index (χ1n) is 6.95. The molecule has 0 unspecified atom stereocenters. The monoisotopic (exact) mass is 307 g/mol. The third-order valence-corrected chi connectivity index (χ3v) is 3.71. The molecule has 3 aromatic rings. The highest BCUT2D eigenvalue weighted by Gasteiger charge is 2.21. The molecule has 114 valence electrons. The van der Waals surface area contributed by atoms with Crippen LogP contribution < -0.4 is 11.3 Å². The third kappa shape index (κ3) is 2.50.